The van der Waals surface area contributed by atoms with Gasteiger partial charge in [-0.05, 0) is 30.0 Å². The van der Waals surface area contributed by atoms with Crippen LogP contribution in [0.4, 0.5) is 4.79 Å². The molecule has 1 aromatic rings. The largest absolute Gasteiger partial charge is 0.444 e. The van der Waals surface area contributed by atoms with Crippen LogP contribution in [-0.4, -0.2) is 35.0 Å². The highest BCUT2D eigenvalue weighted by Crippen LogP contribution is 2.19. The summed E-state index contributed by atoms with van der Waals surface area (Å²) >= 11 is 5.26. The quantitative estimate of drug-likeness (QED) is 0.593. The molecular formula is C15H16ClNO5. The molecule has 0 saturated carbocycles. The monoisotopic (exact) mass is 325 g/mol. The SMILES string of the molecule is O=C(Cl)CCC[C@H]1C(=O)OCN1C(=O)OCc1ccccc1. The standard InChI is InChI=1S/C15H16ClNO5/c16-13(18)8-4-7-12-14(19)22-10-17(12)15(20)21-9-11-5-2-1-3-6-11/h1-3,5-6,12H,4,7-10H2/t12-/m0/s1. The van der Waals surface area contributed by atoms with Crippen molar-refractivity contribution in [3.8, 4) is 0 Å². The second kappa shape index (κ2) is 7.79. The molecule has 1 aliphatic rings. The Kier molecular flexibility index (Phi) is 5.77. The van der Waals surface area contributed by atoms with Crippen molar-refractivity contribution in [1.82, 2.24) is 4.90 Å². The molecule has 0 radical (unpaired) electrons. The van der Waals surface area contributed by atoms with E-state index in [4.69, 9.17) is 21.1 Å². The van der Waals surface area contributed by atoms with E-state index in [-0.39, 0.29) is 19.8 Å². The first-order chi connectivity index (χ1) is 10.6. The zero-order chi connectivity index (χ0) is 15.9. The minimum atomic E-state index is -0.723. The number of rotatable bonds is 6. The lowest BCUT2D eigenvalue weighted by atomic mass is 10.1. The van der Waals surface area contributed by atoms with Crippen LogP contribution in [0.2, 0.25) is 0 Å². The molecule has 0 aromatic heterocycles. The van der Waals surface area contributed by atoms with E-state index in [9.17, 15) is 14.4 Å². The molecule has 0 unspecified atom stereocenters. The van der Waals surface area contributed by atoms with Crippen LogP contribution < -0.4 is 0 Å². The molecule has 1 atom stereocenters. The summed E-state index contributed by atoms with van der Waals surface area (Å²) in [5.74, 6) is -0.487. The third kappa shape index (κ3) is 4.46. The van der Waals surface area contributed by atoms with E-state index in [0.717, 1.165) is 5.56 Å². The summed E-state index contributed by atoms with van der Waals surface area (Å²) < 4.78 is 10.1. The minimum Gasteiger partial charge on any atom is -0.444 e. The van der Waals surface area contributed by atoms with Gasteiger partial charge in [-0.15, -0.1) is 0 Å². The van der Waals surface area contributed by atoms with E-state index in [1.54, 1.807) is 0 Å². The lowest BCUT2D eigenvalue weighted by Gasteiger charge is -2.19. The van der Waals surface area contributed by atoms with Crippen LogP contribution in [0.5, 0.6) is 0 Å². The Hall–Kier alpha value is -2.08. The van der Waals surface area contributed by atoms with Crippen molar-refractivity contribution in [2.24, 2.45) is 0 Å². The van der Waals surface area contributed by atoms with Gasteiger partial charge in [0.25, 0.3) is 0 Å². The number of carbonyl (C=O) groups excluding carboxylic acids is 3. The number of halogens is 1. The molecule has 1 heterocycles. The average Bonchev–Trinajstić information content (AvgIpc) is 2.87. The molecule has 1 amide bonds. The predicted octanol–water partition coefficient (Wildman–Crippen LogP) is 2.44. The maximum atomic E-state index is 12.1. The summed E-state index contributed by atoms with van der Waals surface area (Å²) in [4.78, 5) is 35.6. The van der Waals surface area contributed by atoms with E-state index in [1.165, 1.54) is 4.90 Å². The zero-order valence-electron chi connectivity index (χ0n) is 11.9. The van der Waals surface area contributed by atoms with E-state index in [0.29, 0.717) is 12.8 Å². The molecule has 0 N–H and O–H groups in total. The van der Waals surface area contributed by atoms with Crippen molar-refractivity contribution in [2.75, 3.05) is 6.73 Å². The molecule has 0 aliphatic carbocycles. The van der Waals surface area contributed by atoms with Gasteiger partial charge in [0, 0.05) is 6.42 Å². The Morgan fingerprint density at radius 3 is 2.73 bits per heavy atom. The van der Waals surface area contributed by atoms with Crippen molar-refractivity contribution in [3.05, 3.63) is 35.9 Å². The van der Waals surface area contributed by atoms with Crippen LogP contribution in [0.25, 0.3) is 0 Å². The Labute approximate surface area is 132 Å². The molecule has 1 aliphatic heterocycles. The van der Waals surface area contributed by atoms with E-state index < -0.39 is 23.3 Å². The van der Waals surface area contributed by atoms with E-state index in [1.807, 2.05) is 30.3 Å². The summed E-state index contributed by atoms with van der Waals surface area (Å²) in [5.41, 5.74) is 0.853. The molecular weight excluding hydrogens is 310 g/mol. The molecule has 6 nitrogen and oxygen atoms in total. The number of benzene rings is 1. The summed E-state index contributed by atoms with van der Waals surface area (Å²) in [6.45, 7) is -0.0107. The molecule has 1 aromatic carbocycles. The normalized spacial score (nSPS) is 17.2. The fraction of sp³-hybridized carbons (Fsp3) is 0.400. The van der Waals surface area contributed by atoms with Gasteiger partial charge in [0.1, 0.15) is 12.6 Å². The van der Waals surface area contributed by atoms with Gasteiger partial charge < -0.3 is 9.47 Å². The maximum absolute atomic E-state index is 12.1. The number of amides is 1. The van der Waals surface area contributed by atoms with Crippen LogP contribution in [0.3, 0.4) is 0 Å². The van der Waals surface area contributed by atoms with E-state index in [2.05, 4.69) is 0 Å². The Balaban J connectivity index is 1.87. The first-order valence-corrected chi connectivity index (χ1v) is 7.28. The summed E-state index contributed by atoms with van der Waals surface area (Å²) in [5, 5.41) is -0.468. The highest BCUT2D eigenvalue weighted by molar-refractivity contribution is 6.63. The number of carbonyl (C=O) groups is 3. The Morgan fingerprint density at radius 2 is 2.05 bits per heavy atom. The molecule has 22 heavy (non-hydrogen) atoms. The number of ether oxygens (including phenoxy) is 2. The fourth-order valence-corrected chi connectivity index (χ4v) is 2.27. The van der Waals surface area contributed by atoms with Gasteiger partial charge >= 0.3 is 12.1 Å². The number of esters is 1. The molecule has 118 valence electrons. The molecule has 0 spiro atoms. The lowest BCUT2D eigenvalue weighted by molar-refractivity contribution is -0.139. The summed E-state index contributed by atoms with van der Waals surface area (Å²) in [7, 11) is 0. The Morgan fingerprint density at radius 1 is 1.32 bits per heavy atom. The van der Waals surface area contributed by atoms with E-state index >= 15 is 0 Å². The topological polar surface area (TPSA) is 72.9 Å². The number of hydrogen-bond donors (Lipinski definition) is 0. The van der Waals surface area contributed by atoms with Crippen LogP contribution in [0.15, 0.2) is 30.3 Å². The molecule has 7 heteroatoms. The van der Waals surface area contributed by atoms with Gasteiger partial charge in [0.15, 0.2) is 6.73 Å². The third-order valence-corrected chi connectivity index (χ3v) is 3.47. The minimum absolute atomic E-state index is 0.122. The Bertz CT molecular complexity index is 548. The third-order valence-electron chi connectivity index (χ3n) is 3.28. The van der Waals surface area contributed by atoms with Crippen molar-refractivity contribution in [3.63, 3.8) is 0 Å². The first kappa shape index (κ1) is 16.3. The van der Waals surface area contributed by atoms with Gasteiger partial charge in [-0.1, -0.05) is 30.3 Å². The smallest absolute Gasteiger partial charge is 0.413 e. The highest BCUT2D eigenvalue weighted by atomic mass is 35.5. The average molecular weight is 326 g/mol. The van der Waals surface area contributed by atoms with Gasteiger partial charge in [-0.2, -0.15) is 0 Å². The van der Waals surface area contributed by atoms with Crippen molar-refractivity contribution in [1.29, 1.82) is 0 Å². The van der Waals surface area contributed by atoms with Crippen LogP contribution in [-0.2, 0) is 25.7 Å². The summed E-state index contributed by atoms with van der Waals surface area (Å²) in [6.07, 6.45) is 0.262. The van der Waals surface area contributed by atoms with Crippen LogP contribution in [0.1, 0.15) is 24.8 Å². The number of nitrogens with zero attached hydrogens (tertiary/aromatic N) is 1. The van der Waals surface area contributed by atoms with Gasteiger partial charge in [0.05, 0.1) is 0 Å². The van der Waals surface area contributed by atoms with Crippen LogP contribution >= 0.6 is 11.6 Å². The maximum Gasteiger partial charge on any atom is 0.413 e. The summed E-state index contributed by atoms with van der Waals surface area (Å²) in [6, 6.07) is 8.51. The molecule has 2 rings (SSSR count). The molecule has 1 saturated heterocycles. The van der Waals surface area contributed by atoms with Crippen molar-refractivity contribution < 1.29 is 23.9 Å². The van der Waals surface area contributed by atoms with Gasteiger partial charge in [-0.25, -0.2) is 9.59 Å². The second-order valence-corrected chi connectivity index (χ2v) is 5.29. The fourth-order valence-electron chi connectivity index (χ4n) is 2.14. The first-order valence-electron chi connectivity index (χ1n) is 6.90. The predicted molar refractivity (Wildman–Crippen MR) is 77.9 cm³/mol. The van der Waals surface area contributed by atoms with Crippen molar-refractivity contribution in [2.45, 2.75) is 31.9 Å². The van der Waals surface area contributed by atoms with Gasteiger partial charge in [0.2, 0.25) is 5.24 Å². The molecule has 1 fully saturated rings. The second-order valence-electron chi connectivity index (χ2n) is 4.87. The zero-order valence-corrected chi connectivity index (χ0v) is 12.6. The van der Waals surface area contributed by atoms with Gasteiger partial charge in [-0.3, -0.25) is 9.69 Å². The van der Waals surface area contributed by atoms with Crippen LogP contribution in [0, 0.1) is 0 Å². The molecule has 0 bridgehead atoms. The number of hydrogen-bond acceptors (Lipinski definition) is 5. The highest BCUT2D eigenvalue weighted by Gasteiger charge is 2.38. The lowest BCUT2D eigenvalue weighted by Crippen LogP contribution is -2.38. The number of cyclic esters (lactones) is 1. The van der Waals surface area contributed by atoms with Crippen molar-refractivity contribution >= 4 is 28.9 Å².